The lowest BCUT2D eigenvalue weighted by Gasteiger charge is -2.36. The molecule has 1 fully saturated rings. The Morgan fingerprint density at radius 1 is 1.29 bits per heavy atom. The van der Waals surface area contributed by atoms with Gasteiger partial charge in [-0.05, 0) is 43.9 Å². The van der Waals surface area contributed by atoms with E-state index in [4.69, 9.17) is 0 Å². The highest BCUT2D eigenvalue weighted by atomic mass is 32.2. The Bertz CT molecular complexity index is 571. The lowest BCUT2D eigenvalue weighted by Crippen LogP contribution is -2.46. The first kappa shape index (κ1) is 16.5. The van der Waals surface area contributed by atoms with Crippen molar-refractivity contribution in [1.82, 2.24) is 9.62 Å². The number of hydrogen-bond donors (Lipinski definition) is 1. The molecule has 0 radical (unpaired) electrons. The number of hydrogen-bond acceptors (Lipinski definition) is 3. The standard InChI is InChI=1S/C16H26N2O2S/c1-13-6-5-9-18(14(13)2)21(19,20)12-16-8-4-7-15(10-16)11-17-3/h4,7-8,10,13-14,17H,5-6,9,11-12H2,1-3H3. The van der Waals surface area contributed by atoms with Gasteiger partial charge in [0.2, 0.25) is 10.0 Å². The van der Waals surface area contributed by atoms with Crippen molar-refractivity contribution in [2.24, 2.45) is 5.92 Å². The van der Waals surface area contributed by atoms with Gasteiger partial charge in [-0.1, -0.05) is 31.2 Å². The molecule has 118 valence electrons. The van der Waals surface area contributed by atoms with Crippen LogP contribution in [0.3, 0.4) is 0 Å². The van der Waals surface area contributed by atoms with Gasteiger partial charge in [-0.25, -0.2) is 8.42 Å². The smallest absolute Gasteiger partial charge is 0.218 e. The molecule has 2 atom stereocenters. The SMILES string of the molecule is CNCc1cccc(CS(=O)(=O)N2CCCC(C)C2C)c1. The maximum atomic E-state index is 12.7. The van der Waals surface area contributed by atoms with Crippen LogP contribution in [0, 0.1) is 5.92 Å². The van der Waals surface area contributed by atoms with Crippen molar-refractivity contribution in [2.45, 2.75) is 45.0 Å². The molecule has 2 rings (SSSR count). The summed E-state index contributed by atoms with van der Waals surface area (Å²) in [5.41, 5.74) is 1.98. The minimum Gasteiger partial charge on any atom is -0.316 e. The van der Waals surface area contributed by atoms with Crippen LogP contribution in [0.5, 0.6) is 0 Å². The van der Waals surface area contributed by atoms with Crippen molar-refractivity contribution in [3.05, 3.63) is 35.4 Å². The van der Waals surface area contributed by atoms with Gasteiger partial charge in [0.1, 0.15) is 0 Å². The summed E-state index contributed by atoms with van der Waals surface area (Å²) < 4.78 is 27.1. The normalized spacial score (nSPS) is 24.1. The van der Waals surface area contributed by atoms with Crippen molar-refractivity contribution in [2.75, 3.05) is 13.6 Å². The van der Waals surface area contributed by atoms with Crippen molar-refractivity contribution >= 4 is 10.0 Å². The predicted molar refractivity (Wildman–Crippen MR) is 86.4 cm³/mol. The molecule has 4 nitrogen and oxygen atoms in total. The van der Waals surface area contributed by atoms with E-state index in [0.717, 1.165) is 30.5 Å². The molecule has 1 N–H and O–H groups in total. The zero-order chi connectivity index (χ0) is 15.5. The topological polar surface area (TPSA) is 49.4 Å². The van der Waals surface area contributed by atoms with Gasteiger partial charge in [-0.15, -0.1) is 0 Å². The Balaban J connectivity index is 2.15. The van der Waals surface area contributed by atoms with Gasteiger partial charge in [0.25, 0.3) is 0 Å². The summed E-state index contributed by atoms with van der Waals surface area (Å²) in [6, 6.07) is 7.92. The van der Waals surface area contributed by atoms with E-state index in [0.29, 0.717) is 12.5 Å². The van der Waals surface area contributed by atoms with Gasteiger partial charge in [-0.3, -0.25) is 0 Å². The number of nitrogens with one attached hydrogen (secondary N) is 1. The van der Waals surface area contributed by atoms with Gasteiger partial charge < -0.3 is 5.32 Å². The summed E-state index contributed by atoms with van der Waals surface area (Å²) >= 11 is 0. The fourth-order valence-corrected chi connectivity index (χ4v) is 4.91. The lowest BCUT2D eigenvalue weighted by atomic mass is 9.94. The van der Waals surface area contributed by atoms with Crippen LogP contribution in [0.4, 0.5) is 0 Å². The molecule has 0 saturated carbocycles. The average molecular weight is 310 g/mol. The number of rotatable bonds is 5. The molecule has 1 saturated heterocycles. The zero-order valence-electron chi connectivity index (χ0n) is 13.2. The van der Waals surface area contributed by atoms with E-state index in [-0.39, 0.29) is 11.8 Å². The van der Waals surface area contributed by atoms with Crippen molar-refractivity contribution < 1.29 is 8.42 Å². The third kappa shape index (κ3) is 4.05. The molecule has 21 heavy (non-hydrogen) atoms. The van der Waals surface area contributed by atoms with Crippen LogP contribution in [0.15, 0.2) is 24.3 Å². The molecule has 1 aromatic carbocycles. The number of benzene rings is 1. The Morgan fingerprint density at radius 3 is 2.71 bits per heavy atom. The van der Waals surface area contributed by atoms with Crippen LogP contribution < -0.4 is 5.32 Å². The molecule has 1 aliphatic heterocycles. The summed E-state index contributed by atoms with van der Waals surface area (Å²) in [7, 11) is -1.35. The number of nitrogens with zero attached hydrogens (tertiary/aromatic N) is 1. The minimum absolute atomic E-state index is 0.0988. The molecule has 0 bridgehead atoms. The van der Waals surface area contributed by atoms with Crippen LogP contribution in [0.1, 0.15) is 37.8 Å². The fourth-order valence-electron chi connectivity index (χ4n) is 3.02. The van der Waals surface area contributed by atoms with E-state index in [1.165, 1.54) is 0 Å². The van der Waals surface area contributed by atoms with E-state index in [1.54, 1.807) is 4.31 Å². The second-order valence-corrected chi connectivity index (χ2v) is 8.00. The molecule has 1 aliphatic rings. The van der Waals surface area contributed by atoms with Gasteiger partial charge in [0, 0.05) is 19.1 Å². The molecule has 2 unspecified atom stereocenters. The van der Waals surface area contributed by atoms with Gasteiger partial charge in [0.05, 0.1) is 5.75 Å². The van der Waals surface area contributed by atoms with Crippen LogP contribution in [-0.2, 0) is 22.3 Å². The molecule has 1 heterocycles. The predicted octanol–water partition coefficient (Wildman–Crippen LogP) is 2.36. The number of piperidine rings is 1. The fraction of sp³-hybridized carbons (Fsp3) is 0.625. The largest absolute Gasteiger partial charge is 0.316 e. The highest BCUT2D eigenvalue weighted by Gasteiger charge is 2.33. The van der Waals surface area contributed by atoms with E-state index < -0.39 is 10.0 Å². The maximum Gasteiger partial charge on any atom is 0.218 e. The first-order chi connectivity index (χ1) is 9.94. The van der Waals surface area contributed by atoms with Crippen LogP contribution in [-0.4, -0.2) is 32.4 Å². The van der Waals surface area contributed by atoms with Crippen LogP contribution in [0.2, 0.25) is 0 Å². The minimum atomic E-state index is -3.24. The summed E-state index contributed by atoms with van der Waals surface area (Å²) in [4.78, 5) is 0. The molecule has 1 aromatic rings. The lowest BCUT2D eigenvalue weighted by molar-refractivity contribution is 0.202. The third-order valence-electron chi connectivity index (χ3n) is 4.39. The molecule has 0 spiro atoms. The molecule has 5 heteroatoms. The summed E-state index contributed by atoms with van der Waals surface area (Å²) in [5.74, 6) is 0.533. The van der Waals surface area contributed by atoms with Crippen LogP contribution >= 0.6 is 0 Å². The monoisotopic (exact) mass is 310 g/mol. The van der Waals surface area contributed by atoms with Crippen molar-refractivity contribution in [3.63, 3.8) is 0 Å². The first-order valence-corrected chi connectivity index (χ1v) is 9.27. The quantitative estimate of drug-likeness (QED) is 0.908. The molecule has 0 aromatic heterocycles. The zero-order valence-corrected chi connectivity index (χ0v) is 14.0. The summed E-state index contributed by atoms with van der Waals surface area (Å²) in [5, 5.41) is 3.09. The molecule has 0 aliphatic carbocycles. The third-order valence-corrected chi connectivity index (χ3v) is 6.32. The Kier molecular flexibility index (Phi) is 5.41. The highest BCUT2D eigenvalue weighted by Crippen LogP contribution is 2.27. The van der Waals surface area contributed by atoms with E-state index >= 15 is 0 Å². The van der Waals surface area contributed by atoms with Gasteiger partial charge in [-0.2, -0.15) is 4.31 Å². The highest BCUT2D eigenvalue weighted by molar-refractivity contribution is 7.88. The second-order valence-electron chi connectivity index (χ2n) is 6.08. The Hall–Kier alpha value is -0.910. The molecule has 0 amide bonds. The van der Waals surface area contributed by atoms with E-state index in [1.807, 2.05) is 38.2 Å². The number of sulfonamides is 1. The molecular formula is C16H26N2O2S. The summed E-state index contributed by atoms with van der Waals surface area (Å²) in [6.07, 6.45) is 2.08. The van der Waals surface area contributed by atoms with E-state index in [9.17, 15) is 8.42 Å². The van der Waals surface area contributed by atoms with Crippen molar-refractivity contribution in [1.29, 1.82) is 0 Å². The first-order valence-electron chi connectivity index (χ1n) is 7.66. The van der Waals surface area contributed by atoms with Gasteiger partial charge >= 0.3 is 0 Å². The second kappa shape index (κ2) is 6.90. The van der Waals surface area contributed by atoms with E-state index in [2.05, 4.69) is 12.2 Å². The Morgan fingerprint density at radius 2 is 2.00 bits per heavy atom. The Labute approximate surface area is 128 Å². The maximum absolute atomic E-state index is 12.7. The summed E-state index contributed by atoms with van der Waals surface area (Å²) in [6.45, 7) is 5.58. The molecular weight excluding hydrogens is 284 g/mol. The van der Waals surface area contributed by atoms with Gasteiger partial charge in [0.15, 0.2) is 0 Å². The average Bonchev–Trinajstić information content (AvgIpc) is 2.42. The van der Waals surface area contributed by atoms with Crippen molar-refractivity contribution in [3.8, 4) is 0 Å². The van der Waals surface area contributed by atoms with Crippen LogP contribution in [0.25, 0.3) is 0 Å².